The van der Waals surface area contributed by atoms with Gasteiger partial charge in [0.15, 0.2) is 0 Å². The summed E-state index contributed by atoms with van der Waals surface area (Å²) in [5, 5.41) is 12.8. The predicted octanol–water partition coefficient (Wildman–Crippen LogP) is 4.00. The van der Waals surface area contributed by atoms with Gasteiger partial charge in [-0.15, -0.1) is 0 Å². The van der Waals surface area contributed by atoms with Gasteiger partial charge in [0.1, 0.15) is 0 Å². The minimum atomic E-state index is 0.623. The minimum Gasteiger partial charge on any atom is -0.785 e. The van der Waals surface area contributed by atoms with E-state index >= 15 is 0 Å². The molecule has 0 unspecified atom stereocenters. The Morgan fingerprint density at radius 3 is 2.35 bits per heavy atom. The Balaban J connectivity index is 2.03. The van der Waals surface area contributed by atoms with Gasteiger partial charge in [-0.1, -0.05) is 62.9 Å². The molecule has 0 atom stereocenters. The van der Waals surface area contributed by atoms with Crippen LogP contribution in [0.2, 0.25) is 0 Å². The molecule has 2 nitrogen and oxygen atoms in total. The molecule has 0 aromatic heterocycles. The zero-order valence-corrected chi connectivity index (χ0v) is 10.9. The molecule has 0 bridgehead atoms. The Hall–Kier alpha value is -0.860. The first-order chi connectivity index (χ1) is 8.33. The minimum absolute atomic E-state index is 0.623. The lowest BCUT2D eigenvalue weighted by Gasteiger charge is -2.28. The lowest BCUT2D eigenvalue weighted by atomic mass is 10.1. The first-order valence-corrected chi connectivity index (χ1v) is 6.79. The monoisotopic (exact) mass is 234 g/mol. The number of hydroxylamine groups is 2. The summed E-state index contributed by atoms with van der Waals surface area (Å²) in [7, 11) is 0. The number of hydrogen-bond donors (Lipinski definition) is 0. The standard InChI is InChI=1S/C15H24NO/c1-2-3-4-5-9-13-16(17)14-12-15-10-7-6-8-11-15/h6-8,10-11H,2-5,9,12-14H2,1H3/q-1. The zero-order valence-electron chi connectivity index (χ0n) is 10.9. The SMILES string of the molecule is CCCCCCCN([O-])CCc1ccccc1. The van der Waals surface area contributed by atoms with Crippen molar-refractivity contribution in [3.8, 4) is 0 Å². The smallest absolute Gasteiger partial charge is 0.0103 e. The van der Waals surface area contributed by atoms with Crippen LogP contribution in [0, 0.1) is 5.21 Å². The molecular formula is C15H24NO-. The van der Waals surface area contributed by atoms with E-state index in [-0.39, 0.29) is 0 Å². The van der Waals surface area contributed by atoms with Crippen molar-refractivity contribution in [1.82, 2.24) is 5.06 Å². The van der Waals surface area contributed by atoms with Crippen molar-refractivity contribution in [1.29, 1.82) is 0 Å². The highest BCUT2D eigenvalue weighted by Gasteiger charge is 1.95. The van der Waals surface area contributed by atoms with Crippen molar-refractivity contribution in [2.45, 2.75) is 45.4 Å². The van der Waals surface area contributed by atoms with Gasteiger partial charge in [-0.3, -0.25) is 0 Å². The van der Waals surface area contributed by atoms with E-state index in [4.69, 9.17) is 0 Å². The first-order valence-electron chi connectivity index (χ1n) is 6.79. The third-order valence-corrected chi connectivity index (χ3v) is 3.00. The Morgan fingerprint density at radius 1 is 0.941 bits per heavy atom. The Kier molecular flexibility index (Phi) is 7.69. The van der Waals surface area contributed by atoms with Gasteiger partial charge >= 0.3 is 0 Å². The molecule has 0 aliphatic rings. The van der Waals surface area contributed by atoms with Crippen molar-refractivity contribution in [2.24, 2.45) is 0 Å². The fourth-order valence-electron chi connectivity index (χ4n) is 1.90. The largest absolute Gasteiger partial charge is 0.785 e. The molecule has 1 rings (SSSR count). The van der Waals surface area contributed by atoms with Crippen LogP contribution in [-0.2, 0) is 6.42 Å². The molecule has 0 heterocycles. The van der Waals surface area contributed by atoms with Crippen LogP contribution in [0.5, 0.6) is 0 Å². The molecule has 0 spiro atoms. The quantitative estimate of drug-likeness (QED) is 0.477. The van der Waals surface area contributed by atoms with Crippen LogP contribution in [0.25, 0.3) is 0 Å². The molecule has 96 valence electrons. The summed E-state index contributed by atoms with van der Waals surface area (Å²) in [6.07, 6.45) is 6.91. The molecule has 0 fully saturated rings. The second-order valence-electron chi connectivity index (χ2n) is 4.58. The third kappa shape index (κ3) is 7.14. The molecule has 0 saturated heterocycles. The fourth-order valence-corrected chi connectivity index (χ4v) is 1.90. The summed E-state index contributed by atoms with van der Waals surface area (Å²) in [4.78, 5) is 0. The summed E-state index contributed by atoms with van der Waals surface area (Å²) in [5.74, 6) is 0. The third-order valence-electron chi connectivity index (χ3n) is 3.00. The molecule has 0 radical (unpaired) electrons. The second kappa shape index (κ2) is 9.20. The lowest BCUT2D eigenvalue weighted by Crippen LogP contribution is -2.20. The van der Waals surface area contributed by atoms with E-state index in [2.05, 4.69) is 19.1 Å². The highest BCUT2D eigenvalue weighted by molar-refractivity contribution is 5.14. The van der Waals surface area contributed by atoms with Gasteiger partial charge in [0.05, 0.1) is 0 Å². The van der Waals surface area contributed by atoms with Crippen LogP contribution in [0.4, 0.5) is 0 Å². The van der Waals surface area contributed by atoms with Crippen molar-refractivity contribution < 1.29 is 0 Å². The molecular weight excluding hydrogens is 210 g/mol. The van der Waals surface area contributed by atoms with Gasteiger partial charge in [-0.25, -0.2) is 0 Å². The lowest BCUT2D eigenvalue weighted by molar-refractivity contribution is 0.367. The maximum atomic E-state index is 11.6. The van der Waals surface area contributed by atoms with Crippen molar-refractivity contribution in [3.05, 3.63) is 41.1 Å². The summed E-state index contributed by atoms with van der Waals surface area (Å²) in [6.45, 7) is 3.52. The topological polar surface area (TPSA) is 26.3 Å². The molecule has 2 heteroatoms. The Bertz CT molecular complexity index is 274. The number of unbranched alkanes of at least 4 members (excludes halogenated alkanes) is 4. The maximum absolute atomic E-state index is 11.6. The summed E-state index contributed by atoms with van der Waals surface area (Å²) in [5.41, 5.74) is 1.25. The highest BCUT2D eigenvalue weighted by Crippen LogP contribution is 2.05. The normalized spacial score (nSPS) is 11.0. The summed E-state index contributed by atoms with van der Waals surface area (Å²) in [6, 6.07) is 10.2. The van der Waals surface area contributed by atoms with Crippen molar-refractivity contribution in [3.63, 3.8) is 0 Å². The zero-order chi connectivity index (χ0) is 12.3. The molecule has 1 aromatic rings. The number of hydrogen-bond acceptors (Lipinski definition) is 2. The number of benzene rings is 1. The van der Waals surface area contributed by atoms with Crippen molar-refractivity contribution >= 4 is 0 Å². The molecule has 1 aromatic carbocycles. The van der Waals surface area contributed by atoms with Gasteiger partial charge in [0.2, 0.25) is 0 Å². The molecule has 0 aliphatic heterocycles. The van der Waals surface area contributed by atoms with E-state index in [0.29, 0.717) is 13.1 Å². The van der Waals surface area contributed by atoms with Crippen LogP contribution in [-0.4, -0.2) is 18.2 Å². The molecule has 0 saturated carbocycles. The summed E-state index contributed by atoms with van der Waals surface area (Å²) >= 11 is 0. The number of rotatable bonds is 9. The predicted molar refractivity (Wildman–Crippen MR) is 73.8 cm³/mol. The first kappa shape index (κ1) is 14.2. The summed E-state index contributed by atoms with van der Waals surface area (Å²) < 4.78 is 0. The van der Waals surface area contributed by atoms with Crippen LogP contribution >= 0.6 is 0 Å². The van der Waals surface area contributed by atoms with Crippen LogP contribution in [0.1, 0.15) is 44.6 Å². The van der Waals surface area contributed by atoms with E-state index in [9.17, 15) is 5.21 Å². The maximum Gasteiger partial charge on any atom is -0.0103 e. The van der Waals surface area contributed by atoms with Gasteiger partial charge in [-0.05, 0) is 31.5 Å². The average Bonchev–Trinajstić information content (AvgIpc) is 2.37. The van der Waals surface area contributed by atoms with Gasteiger partial charge in [0.25, 0.3) is 0 Å². The van der Waals surface area contributed by atoms with Gasteiger partial charge < -0.3 is 10.3 Å². The van der Waals surface area contributed by atoms with Crippen molar-refractivity contribution in [2.75, 3.05) is 13.1 Å². The molecule has 0 aliphatic carbocycles. The number of nitrogens with zero attached hydrogens (tertiary/aromatic N) is 1. The van der Waals surface area contributed by atoms with Crippen LogP contribution < -0.4 is 0 Å². The Labute approximate surface area is 105 Å². The van der Waals surface area contributed by atoms with Crippen LogP contribution in [0.15, 0.2) is 30.3 Å². The van der Waals surface area contributed by atoms with E-state index < -0.39 is 0 Å². The molecule has 0 N–H and O–H groups in total. The van der Waals surface area contributed by atoms with Gasteiger partial charge in [0, 0.05) is 0 Å². The van der Waals surface area contributed by atoms with E-state index in [1.165, 1.54) is 36.3 Å². The van der Waals surface area contributed by atoms with Crippen LogP contribution in [0.3, 0.4) is 0 Å². The highest BCUT2D eigenvalue weighted by atomic mass is 16.5. The van der Waals surface area contributed by atoms with E-state index in [0.717, 1.165) is 12.8 Å². The molecule has 0 amide bonds. The fraction of sp³-hybridized carbons (Fsp3) is 0.600. The average molecular weight is 234 g/mol. The van der Waals surface area contributed by atoms with Gasteiger partial charge in [-0.2, -0.15) is 0 Å². The van der Waals surface area contributed by atoms with E-state index in [1.54, 1.807) is 0 Å². The Morgan fingerprint density at radius 2 is 1.65 bits per heavy atom. The van der Waals surface area contributed by atoms with E-state index in [1.807, 2.05) is 18.2 Å². The molecule has 17 heavy (non-hydrogen) atoms. The second-order valence-corrected chi connectivity index (χ2v) is 4.58.